The molecule has 8 heteroatoms. The first-order valence-electron chi connectivity index (χ1n) is 14.1. The van der Waals surface area contributed by atoms with Crippen molar-refractivity contribution in [1.29, 1.82) is 0 Å². The number of methoxy groups -OCH3 is 3. The molecule has 0 aromatic heterocycles. The number of halogens is 3. The number of hydrogen-bond donors (Lipinski definition) is 0. The Morgan fingerprint density at radius 2 is 0.682 bits per heavy atom. The number of benzene rings is 3. The minimum atomic E-state index is -3.01. The first kappa shape index (κ1) is 42.2. The Hall–Kier alpha value is -1.79. The quantitative estimate of drug-likeness (QED) is 0.116. The number of aryl methyl sites for hydroxylation is 3. The van der Waals surface area contributed by atoms with Gasteiger partial charge in [-0.2, -0.15) is 22.3 Å². The van der Waals surface area contributed by atoms with E-state index >= 15 is 0 Å². The van der Waals surface area contributed by atoms with Crippen LogP contribution in [0.2, 0.25) is 0 Å². The summed E-state index contributed by atoms with van der Waals surface area (Å²) in [6.07, 6.45) is 0. The van der Waals surface area contributed by atoms with E-state index in [1.807, 2.05) is 0 Å². The Morgan fingerprint density at radius 1 is 0.432 bits per heavy atom. The Kier molecular flexibility index (Phi) is 15.5. The van der Waals surface area contributed by atoms with Gasteiger partial charge in [0.15, 0.2) is 0 Å². The normalized spacial score (nSPS) is 10.6. The third-order valence-electron chi connectivity index (χ3n) is 9.20. The maximum absolute atomic E-state index is 6.03. The smallest absolute Gasteiger partial charge is 1.00 e. The van der Waals surface area contributed by atoms with Crippen LogP contribution >= 0.6 is 0 Å². The van der Waals surface area contributed by atoms with Gasteiger partial charge in [-0.05, 0) is 109 Å². The van der Waals surface area contributed by atoms with Crippen molar-refractivity contribution in [1.82, 2.24) is 0 Å². The monoisotopic (exact) mass is 706 g/mol. The fraction of sp³-hybridized carbons (Fsp3) is 0.361. The van der Waals surface area contributed by atoms with E-state index in [0.717, 1.165) is 17.2 Å². The molecule has 0 aliphatic heterocycles. The average Bonchev–Trinajstić information content (AvgIpc) is 3.11. The molecule has 0 atom stereocenters. The van der Waals surface area contributed by atoms with Gasteiger partial charge in [0.2, 0.25) is 0 Å². The summed E-state index contributed by atoms with van der Waals surface area (Å²) in [5.74, 6) is 2.78. The van der Waals surface area contributed by atoms with Crippen molar-refractivity contribution < 1.29 is 73.1 Å². The van der Waals surface area contributed by atoms with Crippen molar-refractivity contribution in [2.24, 2.45) is 0 Å². The van der Waals surface area contributed by atoms with Crippen LogP contribution in [0.15, 0.2) is 36.4 Å². The molecule has 0 N–H and O–H groups in total. The zero-order chi connectivity index (χ0) is 29.7. The Balaban J connectivity index is 0.00000462. The molecule has 4 aromatic rings. The summed E-state index contributed by atoms with van der Waals surface area (Å²) >= 11 is 0. The Labute approximate surface area is 300 Å². The van der Waals surface area contributed by atoms with E-state index in [1.54, 1.807) is 21.3 Å². The van der Waals surface area contributed by atoms with E-state index < -0.39 is 8.07 Å². The summed E-state index contributed by atoms with van der Waals surface area (Å²) < 4.78 is 18.1. The van der Waals surface area contributed by atoms with Crippen molar-refractivity contribution in [2.45, 2.75) is 69.2 Å². The molecule has 44 heavy (non-hydrogen) atoms. The second-order valence-corrected chi connectivity index (χ2v) is 15.2. The van der Waals surface area contributed by atoms with Crippen LogP contribution in [0, 0.1) is 69.2 Å². The van der Waals surface area contributed by atoms with Crippen LogP contribution in [0.1, 0.15) is 55.6 Å². The predicted molar refractivity (Wildman–Crippen MR) is 173 cm³/mol. The molecule has 0 aliphatic carbocycles. The number of ether oxygens (including phenoxy) is 3. The topological polar surface area (TPSA) is 27.7 Å². The molecule has 0 saturated carbocycles. The maximum atomic E-state index is 6.03. The van der Waals surface area contributed by atoms with Gasteiger partial charge in [0, 0.05) is 0 Å². The molecule has 0 amide bonds. The van der Waals surface area contributed by atoms with Gasteiger partial charge in [0.1, 0.15) is 25.3 Å². The maximum Gasteiger partial charge on any atom is 4.00 e. The largest absolute Gasteiger partial charge is 4.00 e. The van der Waals surface area contributed by atoms with Crippen LogP contribution in [0.4, 0.5) is 0 Å². The van der Waals surface area contributed by atoms with Gasteiger partial charge in [0.05, 0.1) is 21.3 Å². The molecule has 0 heterocycles. The van der Waals surface area contributed by atoms with Gasteiger partial charge in [0.25, 0.3) is 0 Å². The van der Waals surface area contributed by atoms with E-state index in [0.29, 0.717) is 0 Å². The second kappa shape index (κ2) is 16.2. The third-order valence-corrected chi connectivity index (χ3v) is 14.7. The van der Waals surface area contributed by atoms with Crippen LogP contribution in [0.25, 0.3) is 0 Å². The van der Waals surface area contributed by atoms with Crippen LogP contribution in [0.3, 0.4) is 0 Å². The Bertz CT molecular complexity index is 1460. The molecule has 0 saturated heterocycles. The summed E-state index contributed by atoms with van der Waals surface area (Å²) in [6, 6.07) is 13.7. The molecule has 0 unspecified atom stereocenters. The molecule has 236 valence electrons. The van der Waals surface area contributed by atoms with Crippen molar-refractivity contribution in [3.63, 3.8) is 0 Å². The average molecular weight is 708 g/mol. The summed E-state index contributed by atoms with van der Waals surface area (Å²) in [4.78, 5) is 0. The summed E-state index contributed by atoms with van der Waals surface area (Å²) in [5, 5.41) is 5.52. The van der Waals surface area contributed by atoms with Crippen molar-refractivity contribution >= 4 is 28.8 Å². The summed E-state index contributed by atoms with van der Waals surface area (Å²) in [7, 11) is 2.33. The van der Waals surface area contributed by atoms with E-state index in [1.165, 1.54) is 76.4 Å². The van der Waals surface area contributed by atoms with Gasteiger partial charge in [-0.15, -0.1) is 5.19 Å². The molecular formula is C36H45Cl3O3SiTi. The number of rotatable bonds is 7. The van der Waals surface area contributed by atoms with Gasteiger partial charge in [-0.3, -0.25) is 0 Å². The van der Waals surface area contributed by atoms with Crippen LogP contribution in [-0.2, 0) is 21.7 Å². The fourth-order valence-corrected chi connectivity index (χ4v) is 13.5. The van der Waals surface area contributed by atoms with Gasteiger partial charge in [-0.25, -0.2) is 0 Å². The predicted octanol–water partition coefficient (Wildman–Crippen LogP) is -3.10. The first-order chi connectivity index (χ1) is 18.8. The summed E-state index contributed by atoms with van der Waals surface area (Å²) in [6.45, 7) is 22.4. The van der Waals surface area contributed by atoms with E-state index in [9.17, 15) is 0 Å². The van der Waals surface area contributed by atoms with Crippen molar-refractivity contribution in [2.75, 3.05) is 21.3 Å². The van der Waals surface area contributed by atoms with Crippen LogP contribution in [-0.4, -0.2) is 29.4 Å². The molecule has 0 radical (unpaired) electrons. The third kappa shape index (κ3) is 6.68. The van der Waals surface area contributed by atoms with Crippen LogP contribution < -0.4 is 72.2 Å². The van der Waals surface area contributed by atoms with Gasteiger partial charge < -0.3 is 51.4 Å². The molecule has 0 spiro atoms. The molecule has 0 bridgehead atoms. The molecule has 4 rings (SSSR count). The summed E-state index contributed by atoms with van der Waals surface area (Å²) in [5.41, 5.74) is 12.6. The van der Waals surface area contributed by atoms with Crippen molar-refractivity contribution in [3.05, 3.63) is 92.0 Å². The van der Waals surface area contributed by atoms with Crippen molar-refractivity contribution in [3.8, 4) is 17.2 Å². The van der Waals surface area contributed by atoms with Crippen LogP contribution in [0.5, 0.6) is 17.2 Å². The number of hydrogen-bond acceptors (Lipinski definition) is 3. The zero-order valence-corrected chi connectivity index (χ0v) is 33.2. The Morgan fingerprint density at radius 3 is 0.909 bits per heavy atom. The van der Waals surface area contributed by atoms with Gasteiger partial charge in [-0.1, -0.05) is 45.9 Å². The minimum absolute atomic E-state index is 0. The molecule has 4 aromatic carbocycles. The zero-order valence-electron chi connectivity index (χ0n) is 28.3. The van der Waals surface area contributed by atoms with Gasteiger partial charge >= 0.3 is 21.7 Å². The minimum Gasteiger partial charge on any atom is -1.00 e. The SMILES string of the molecule is COc1cc(C)cc([Si](c2cc(C)cc(OC)c2C)(c2cc(C)cc(OC)c2C)[c-]2c(C)c(C)c(C)c2C)c1C.[Cl-].[Cl-].[Cl-].[Ti+4]. The fourth-order valence-electron chi connectivity index (χ4n) is 6.90. The van der Waals surface area contributed by atoms with E-state index in [2.05, 4.69) is 106 Å². The molecule has 3 nitrogen and oxygen atoms in total. The molecule has 0 fully saturated rings. The first-order valence-corrected chi connectivity index (χ1v) is 16.1. The molecule has 0 aliphatic rings. The van der Waals surface area contributed by atoms with E-state index in [-0.39, 0.29) is 58.9 Å². The second-order valence-electron chi connectivity index (χ2n) is 11.5. The van der Waals surface area contributed by atoms with E-state index in [4.69, 9.17) is 14.2 Å². The molecular weight excluding hydrogens is 663 g/mol. The standard InChI is InChI=1S/C36H45O3Si.3ClH.Ti/c1-20-14-30(37-11)27(8)33(17-20)40(36-25(6)23(4)24(5)26(36)7,34-18-21(2)15-31(38-12)28(34)9)35-19-22(3)16-32(39-13)29(35)10;;;;/h14-19H,1-13H3;3*1H;/q-1;;;;+4/p-3.